The highest BCUT2D eigenvalue weighted by Gasteiger charge is 2.44. The number of fused-ring (bicyclic) bond motifs is 1. The van der Waals surface area contributed by atoms with Gasteiger partial charge in [0.15, 0.2) is 0 Å². The van der Waals surface area contributed by atoms with Crippen LogP contribution in [0.3, 0.4) is 0 Å². The number of alkyl halides is 3. The molecule has 0 spiro atoms. The van der Waals surface area contributed by atoms with Crippen molar-refractivity contribution < 1.29 is 50.2 Å². The second kappa shape index (κ2) is 21.4. The van der Waals surface area contributed by atoms with Gasteiger partial charge in [0.05, 0.1) is 30.3 Å². The van der Waals surface area contributed by atoms with Gasteiger partial charge in [0.2, 0.25) is 5.91 Å². The summed E-state index contributed by atoms with van der Waals surface area (Å²) in [7, 11) is 0. The molecule has 1 aliphatic rings. The van der Waals surface area contributed by atoms with Crippen LogP contribution < -0.4 is 20.3 Å². The highest BCUT2D eigenvalue weighted by molar-refractivity contribution is 6.31. The summed E-state index contributed by atoms with van der Waals surface area (Å²) in [6.07, 6.45) is 1.87. The molecule has 0 saturated heterocycles. The van der Waals surface area contributed by atoms with E-state index < -0.39 is 52.9 Å². The maximum absolute atomic E-state index is 15.3. The van der Waals surface area contributed by atoms with Crippen LogP contribution in [0.25, 0.3) is 0 Å². The fourth-order valence-electron chi connectivity index (χ4n) is 8.18. The van der Waals surface area contributed by atoms with Gasteiger partial charge in [-0.3, -0.25) is 14.3 Å². The number of ether oxygens (including phenoxy) is 1. The molecule has 0 bridgehead atoms. The van der Waals surface area contributed by atoms with Gasteiger partial charge in [-0.2, -0.15) is 18.3 Å². The number of benzene rings is 5. The van der Waals surface area contributed by atoms with Crippen molar-refractivity contribution in [2.75, 3.05) is 18.1 Å². The Labute approximate surface area is 393 Å². The summed E-state index contributed by atoms with van der Waals surface area (Å²) in [5.41, 5.74) is 1.92. The molecule has 0 aliphatic carbocycles. The lowest BCUT2D eigenvalue weighted by molar-refractivity contribution is -0.140. The number of amides is 2. The molecule has 68 heavy (non-hydrogen) atoms. The molecular formula is C51H49ClF7N5O4. The third kappa shape index (κ3) is 11.7. The Morgan fingerprint density at radius 1 is 0.809 bits per heavy atom. The van der Waals surface area contributed by atoms with Gasteiger partial charge in [-0.05, 0) is 128 Å². The minimum Gasteiger partial charge on any atom is -0.489 e. The minimum absolute atomic E-state index is 0.0855. The van der Waals surface area contributed by atoms with Crippen molar-refractivity contribution >= 4 is 29.1 Å². The summed E-state index contributed by atoms with van der Waals surface area (Å²) in [4.78, 5) is 28.2. The Kier molecular flexibility index (Phi) is 15.6. The third-order valence-electron chi connectivity index (χ3n) is 12.0. The summed E-state index contributed by atoms with van der Waals surface area (Å²) in [5.74, 6) is -4.02. The lowest BCUT2D eigenvalue weighted by Gasteiger charge is -2.21. The zero-order valence-electron chi connectivity index (χ0n) is 37.3. The zero-order valence-corrected chi connectivity index (χ0v) is 38.0. The van der Waals surface area contributed by atoms with E-state index in [1.54, 1.807) is 36.9 Å². The molecule has 358 valence electrons. The summed E-state index contributed by atoms with van der Waals surface area (Å²) in [5, 5.41) is 19.5. The van der Waals surface area contributed by atoms with Gasteiger partial charge >= 0.3 is 6.18 Å². The Hall–Kier alpha value is -6.23. The van der Waals surface area contributed by atoms with E-state index in [9.17, 15) is 36.6 Å². The number of aliphatic hydroxyl groups is 1. The highest BCUT2D eigenvalue weighted by Crippen LogP contribution is 2.43. The molecule has 0 saturated carbocycles. The fourth-order valence-corrected chi connectivity index (χ4v) is 8.41. The molecule has 0 unspecified atom stereocenters. The van der Waals surface area contributed by atoms with Crippen LogP contribution in [-0.2, 0) is 68.4 Å². The quantitative estimate of drug-likeness (QED) is 0.0520. The van der Waals surface area contributed by atoms with Crippen LogP contribution in [-0.4, -0.2) is 39.9 Å². The van der Waals surface area contributed by atoms with Crippen molar-refractivity contribution in [3.63, 3.8) is 0 Å². The number of anilines is 1. The van der Waals surface area contributed by atoms with Crippen LogP contribution in [0.1, 0.15) is 87.1 Å². The fraction of sp³-hybridized carbons (Fsp3) is 0.314. The summed E-state index contributed by atoms with van der Waals surface area (Å²) in [6.45, 7) is 3.89. The first-order valence-corrected chi connectivity index (χ1v) is 22.4. The SMILES string of the molecule is CC1(C)C(=O)N(Cc2c(F)cccc2Cl)c2cc(C(=O)NCc3c(F)cc(CCc4cnn(CCCCc5ccc(OCc6ccc(F)c(C(F)(F)F)c6)c(CNCCO)c5)c4)cc3F)ccc21. The van der Waals surface area contributed by atoms with Crippen molar-refractivity contribution in [3.8, 4) is 5.75 Å². The lowest BCUT2D eigenvalue weighted by Crippen LogP contribution is -2.36. The Bertz CT molecular complexity index is 2750. The Morgan fingerprint density at radius 3 is 2.29 bits per heavy atom. The van der Waals surface area contributed by atoms with Crippen molar-refractivity contribution in [1.29, 1.82) is 0 Å². The number of carbonyl (C=O) groups excluding carboxylic acids is 2. The average Bonchev–Trinajstić information content (AvgIpc) is 3.83. The number of aryl methyl sites for hydroxylation is 4. The van der Waals surface area contributed by atoms with Crippen LogP contribution in [0.5, 0.6) is 5.75 Å². The van der Waals surface area contributed by atoms with Gasteiger partial charge in [-0.1, -0.05) is 41.9 Å². The minimum atomic E-state index is -4.83. The van der Waals surface area contributed by atoms with Gasteiger partial charge in [0.1, 0.15) is 35.6 Å². The van der Waals surface area contributed by atoms with Gasteiger partial charge in [0, 0.05) is 65.3 Å². The standard InChI is InChI=1S/C51H49ClF7N5O4/c1-50(2)39-14-13-35(24-46(39)64(49(50)67)29-38-41(52)7-5-8-42(38)53)48(66)61-27-37-44(55)22-32(23-45(37)56)9-10-34-25-62-63(28-34)18-4-3-6-31-12-16-47(36(20-31)26-60-17-19-65)68-30-33-11-15-43(54)40(21-33)51(57,58)59/h5,7-8,11-16,20-25,28,60,65H,3-4,6,9-10,17-19,26-27,29-30H2,1-2H3,(H,61,66). The van der Waals surface area contributed by atoms with Crippen LogP contribution in [0.15, 0.2) is 97.3 Å². The number of unbranched alkanes of at least 4 members (excludes halogenated alkanes) is 1. The number of hydrogen-bond donors (Lipinski definition) is 3. The molecule has 5 aromatic carbocycles. The maximum Gasteiger partial charge on any atom is 0.419 e. The molecule has 2 heterocycles. The van der Waals surface area contributed by atoms with Gasteiger partial charge in [-0.15, -0.1) is 0 Å². The second-order valence-corrected chi connectivity index (χ2v) is 17.6. The molecule has 0 radical (unpaired) electrons. The van der Waals surface area contributed by atoms with Gasteiger partial charge < -0.3 is 25.4 Å². The number of aromatic nitrogens is 2. The van der Waals surface area contributed by atoms with E-state index in [2.05, 4.69) is 15.7 Å². The van der Waals surface area contributed by atoms with Crippen molar-refractivity contribution in [1.82, 2.24) is 20.4 Å². The van der Waals surface area contributed by atoms with Crippen LogP contribution in [0.4, 0.5) is 36.4 Å². The molecule has 6 aromatic rings. The molecule has 9 nitrogen and oxygen atoms in total. The topological polar surface area (TPSA) is 109 Å². The van der Waals surface area contributed by atoms with Crippen LogP contribution >= 0.6 is 11.6 Å². The van der Waals surface area contributed by atoms with E-state index in [0.717, 1.165) is 41.7 Å². The number of nitrogens with zero attached hydrogens (tertiary/aromatic N) is 3. The number of aliphatic hydroxyl groups excluding tert-OH is 1. The number of nitrogens with one attached hydrogen (secondary N) is 2. The first kappa shape index (κ1) is 49.7. The Morgan fingerprint density at radius 2 is 1.56 bits per heavy atom. The Balaban J connectivity index is 0.890. The number of rotatable bonds is 20. The molecule has 0 atom stereocenters. The van der Waals surface area contributed by atoms with Gasteiger partial charge in [0.25, 0.3) is 5.91 Å². The van der Waals surface area contributed by atoms with E-state index in [1.807, 2.05) is 18.3 Å². The highest BCUT2D eigenvalue weighted by atomic mass is 35.5. The van der Waals surface area contributed by atoms with E-state index in [0.29, 0.717) is 61.5 Å². The zero-order chi connectivity index (χ0) is 48.8. The smallest absolute Gasteiger partial charge is 0.419 e. The average molecular weight is 964 g/mol. The predicted octanol–water partition coefficient (Wildman–Crippen LogP) is 10.3. The molecule has 7 rings (SSSR count). The predicted molar refractivity (Wildman–Crippen MR) is 243 cm³/mol. The molecule has 1 aliphatic heterocycles. The molecule has 3 N–H and O–H groups in total. The van der Waals surface area contributed by atoms with Crippen LogP contribution in [0.2, 0.25) is 5.02 Å². The van der Waals surface area contributed by atoms with Crippen molar-refractivity contribution in [3.05, 3.63) is 181 Å². The summed E-state index contributed by atoms with van der Waals surface area (Å²) in [6, 6.07) is 19.7. The molecule has 0 fully saturated rings. The third-order valence-corrected chi connectivity index (χ3v) is 12.3. The molecule has 2 amide bonds. The number of halogens is 8. The van der Waals surface area contributed by atoms with E-state index in [1.165, 1.54) is 53.4 Å². The first-order chi connectivity index (χ1) is 32.4. The molecule has 1 aromatic heterocycles. The number of carbonyl (C=O) groups is 2. The maximum atomic E-state index is 15.3. The first-order valence-electron chi connectivity index (χ1n) is 22.0. The number of hydrogen-bond acceptors (Lipinski definition) is 6. The van der Waals surface area contributed by atoms with Crippen molar-refractivity contribution in [2.45, 2.75) is 90.3 Å². The normalized spacial score (nSPS) is 13.3. The van der Waals surface area contributed by atoms with Crippen LogP contribution in [0, 0.1) is 23.3 Å². The lowest BCUT2D eigenvalue weighted by atomic mass is 9.86. The summed E-state index contributed by atoms with van der Waals surface area (Å²) >= 11 is 6.26. The molecular weight excluding hydrogens is 915 g/mol. The van der Waals surface area contributed by atoms with Crippen molar-refractivity contribution in [2.24, 2.45) is 0 Å². The second-order valence-electron chi connectivity index (χ2n) is 17.2. The molecule has 17 heteroatoms. The largest absolute Gasteiger partial charge is 0.489 e. The van der Waals surface area contributed by atoms with E-state index >= 15 is 8.78 Å². The van der Waals surface area contributed by atoms with E-state index in [4.69, 9.17) is 16.3 Å². The summed E-state index contributed by atoms with van der Waals surface area (Å²) < 4.78 is 106. The van der Waals surface area contributed by atoms with Gasteiger partial charge in [-0.25, -0.2) is 17.6 Å². The monoisotopic (exact) mass is 963 g/mol. The van der Waals surface area contributed by atoms with E-state index in [-0.39, 0.29) is 52.9 Å².